The predicted molar refractivity (Wildman–Crippen MR) is 132 cm³/mol. The molecule has 0 N–H and O–H groups in total. The molecule has 1 aromatic carbocycles. The van der Waals surface area contributed by atoms with E-state index in [0.717, 1.165) is 49.3 Å². The summed E-state index contributed by atoms with van der Waals surface area (Å²) in [5.41, 5.74) is 5.59. The van der Waals surface area contributed by atoms with Gasteiger partial charge in [-0.05, 0) is 37.1 Å². The molecular weight excluding hydrogens is 461 g/mol. The highest BCUT2D eigenvalue weighted by atomic mass is 19.1. The fraction of sp³-hybridized carbons (Fsp3) is 0.370. The Kier molecular flexibility index (Phi) is 5.72. The van der Waals surface area contributed by atoms with Crippen LogP contribution in [-0.2, 0) is 22.5 Å². The number of halogens is 1. The zero-order chi connectivity index (χ0) is 24.8. The summed E-state index contributed by atoms with van der Waals surface area (Å²) in [5, 5.41) is 5.13. The van der Waals surface area contributed by atoms with Crippen molar-refractivity contribution in [1.29, 1.82) is 0 Å². The molecule has 186 valence electrons. The Hall–Kier alpha value is -3.72. The molecule has 2 aliphatic heterocycles. The van der Waals surface area contributed by atoms with Crippen LogP contribution in [-0.4, -0.2) is 56.8 Å². The minimum atomic E-state index is -0.391. The molecule has 5 heterocycles. The summed E-state index contributed by atoms with van der Waals surface area (Å²) in [4.78, 5) is 18.9. The van der Waals surface area contributed by atoms with Gasteiger partial charge >= 0.3 is 0 Å². The summed E-state index contributed by atoms with van der Waals surface area (Å²) in [5.74, 6) is 0.125. The summed E-state index contributed by atoms with van der Waals surface area (Å²) in [6.07, 6.45) is 6.32. The molecule has 0 spiro atoms. The van der Waals surface area contributed by atoms with Gasteiger partial charge in [0, 0.05) is 80.5 Å². The summed E-state index contributed by atoms with van der Waals surface area (Å²) < 4.78 is 29.6. The maximum atomic E-state index is 14.8. The molecule has 1 fully saturated rings. The Morgan fingerprint density at radius 2 is 2.03 bits per heavy atom. The van der Waals surface area contributed by atoms with E-state index in [-0.39, 0.29) is 11.9 Å². The van der Waals surface area contributed by atoms with E-state index in [4.69, 9.17) is 19.6 Å². The number of carbonyl (C=O) groups excluding carboxylic acids is 1. The lowest BCUT2D eigenvalue weighted by atomic mass is 10.0. The van der Waals surface area contributed by atoms with Gasteiger partial charge in [-0.15, -0.1) is 0 Å². The number of fused-ring (bicyclic) bond motifs is 2. The summed E-state index contributed by atoms with van der Waals surface area (Å²) >= 11 is 0. The highest BCUT2D eigenvalue weighted by molar-refractivity contribution is 5.81. The molecule has 3 aromatic heterocycles. The number of aromatic nitrogens is 4. The van der Waals surface area contributed by atoms with Crippen LogP contribution in [0, 0.1) is 5.82 Å². The van der Waals surface area contributed by atoms with Gasteiger partial charge < -0.3 is 18.8 Å². The lowest BCUT2D eigenvalue weighted by molar-refractivity contribution is -0.129. The third kappa shape index (κ3) is 3.83. The average Bonchev–Trinajstić information content (AvgIpc) is 3.50. The molecule has 0 bridgehead atoms. The smallest absolute Gasteiger partial charge is 0.219 e. The van der Waals surface area contributed by atoms with E-state index in [1.54, 1.807) is 19.1 Å². The van der Waals surface area contributed by atoms with Crippen LogP contribution < -0.4 is 4.74 Å². The molecule has 36 heavy (non-hydrogen) atoms. The number of amides is 1. The minimum Gasteiger partial charge on any atom is -0.497 e. The maximum absolute atomic E-state index is 14.8. The Morgan fingerprint density at radius 1 is 1.19 bits per heavy atom. The van der Waals surface area contributed by atoms with Gasteiger partial charge in [-0.3, -0.25) is 9.48 Å². The molecule has 4 aromatic rings. The third-order valence-electron chi connectivity index (χ3n) is 7.26. The van der Waals surface area contributed by atoms with E-state index >= 15 is 0 Å². The Balaban J connectivity index is 1.49. The van der Waals surface area contributed by atoms with Crippen molar-refractivity contribution in [3.8, 4) is 28.3 Å². The normalized spacial score (nSPS) is 16.4. The van der Waals surface area contributed by atoms with Gasteiger partial charge in [0.05, 0.1) is 18.8 Å². The highest BCUT2D eigenvalue weighted by Gasteiger charge is 2.31. The molecule has 8 nitrogen and oxygen atoms in total. The number of rotatable bonds is 4. The van der Waals surface area contributed by atoms with Crippen LogP contribution in [0.2, 0.25) is 0 Å². The van der Waals surface area contributed by atoms with Crippen molar-refractivity contribution in [3.05, 3.63) is 59.8 Å². The molecule has 0 aliphatic carbocycles. The number of imidazole rings is 1. The van der Waals surface area contributed by atoms with Gasteiger partial charge in [-0.1, -0.05) is 0 Å². The van der Waals surface area contributed by atoms with Crippen molar-refractivity contribution in [2.45, 2.75) is 38.8 Å². The Labute approximate surface area is 208 Å². The van der Waals surface area contributed by atoms with E-state index in [0.29, 0.717) is 35.7 Å². The van der Waals surface area contributed by atoms with Crippen LogP contribution in [0.5, 0.6) is 5.75 Å². The number of hydrogen-bond acceptors (Lipinski definition) is 5. The number of nitrogens with zero attached hydrogens (tertiary/aromatic N) is 5. The molecule has 9 heteroatoms. The first-order valence-electron chi connectivity index (χ1n) is 12.3. The van der Waals surface area contributed by atoms with E-state index in [1.165, 1.54) is 18.9 Å². The number of pyridine rings is 1. The molecule has 0 radical (unpaired) electrons. The largest absolute Gasteiger partial charge is 0.497 e. The highest BCUT2D eigenvalue weighted by Crippen LogP contribution is 2.36. The van der Waals surface area contributed by atoms with Crippen LogP contribution in [0.4, 0.5) is 4.39 Å². The minimum absolute atomic E-state index is 0.0571. The zero-order valence-corrected chi connectivity index (χ0v) is 20.4. The molecule has 6 rings (SSSR count). The summed E-state index contributed by atoms with van der Waals surface area (Å²) in [7, 11) is 1.51. The van der Waals surface area contributed by atoms with E-state index in [9.17, 15) is 9.18 Å². The van der Waals surface area contributed by atoms with Crippen molar-refractivity contribution in [2.75, 3.05) is 26.9 Å². The fourth-order valence-electron chi connectivity index (χ4n) is 5.32. The standard InChI is InChI=1S/C27H28FN5O3/c1-17(34)31-11-7-25-22(15-31)26(30-33(25)18-8-12-36-13-9-18)21-4-3-10-32-16-24(29-27(21)32)20-6-5-19(35-2)14-23(20)28/h3-6,10,14,16,18H,7-9,11-13,15H2,1-2H3. The van der Waals surface area contributed by atoms with Gasteiger partial charge in [0.25, 0.3) is 0 Å². The molecular formula is C27H28FN5O3. The second kappa shape index (κ2) is 9.05. The second-order valence-electron chi connectivity index (χ2n) is 9.38. The summed E-state index contributed by atoms with van der Waals surface area (Å²) in [6, 6.07) is 8.99. The van der Waals surface area contributed by atoms with Gasteiger partial charge in [0.1, 0.15) is 22.9 Å². The zero-order valence-electron chi connectivity index (χ0n) is 20.4. The fourth-order valence-corrected chi connectivity index (χ4v) is 5.32. The predicted octanol–water partition coefficient (Wildman–Crippen LogP) is 4.27. The van der Waals surface area contributed by atoms with Crippen molar-refractivity contribution in [1.82, 2.24) is 24.1 Å². The average molecular weight is 490 g/mol. The van der Waals surface area contributed by atoms with Crippen LogP contribution in [0.1, 0.15) is 37.1 Å². The lowest BCUT2D eigenvalue weighted by Gasteiger charge is -2.29. The van der Waals surface area contributed by atoms with Crippen LogP contribution in [0.15, 0.2) is 42.7 Å². The molecule has 2 aliphatic rings. The van der Waals surface area contributed by atoms with E-state index in [2.05, 4.69) is 4.68 Å². The number of benzene rings is 1. The number of ether oxygens (including phenoxy) is 2. The second-order valence-corrected chi connectivity index (χ2v) is 9.38. The Bertz CT molecular complexity index is 1450. The number of hydrogen-bond donors (Lipinski definition) is 0. The van der Waals surface area contributed by atoms with E-state index in [1.807, 2.05) is 33.8 Å². The van der Waals surface area contributed by atoms with Gasteiger partial charge in [0.2, 0.25) is 5.91 Å². The molecule has 0 unspecified atom stereocenters. The molecule has 1 amide bonds. The summed E-state index contributed by atoms with van der Waals surface area (Å²) in [6.45, 7) is 4.26. The quantitative estimate of drug-likeness (QED) is 0.428. The first-order valence-corrected chi connectivity index (χ1v) is 12.3. The van der Waals surface area contributed by atoms with Gasteiger partial charge in [0.15, 0.2) is 0 Å². The van der Waals surface area contributed by atoms with Crippen LogP contribution in [0.25, 0.3) is 28.2 Å². The molecule has 0 atom stereocenters. The van der Waals surface area contributed by atoms with E-state index < -0.39 is 5.82 Å². The lowest BCUT2D eigenvalue weighted by Crippen LogP contribution is -2.35. The third-order valence-corrected chi connectivity index (χ3v) is 7.26. The van der Waals surface area contributed by atoms with Crippen molar-refractivity contribution >= 4 is 11.6 Å². The molecule has 0 saturated carbocycles. The SMILES string of the molecule is COc1ccc(-c2cn3cccc(-c4nn(C5CCOCC5)c5c4CN(C(C)=O)CC5)c3n2)c(F)c1. The topological polar surface area (TPSA) is 73.9 Å². The van der Waals surface area contributed by atoms with Gasteiger partial charge in [-0.2, -0.15) is 5.10 Å². The number of carbonyl (C=O) groups is 1. The number of methoxy groups -OCH3 is 1. The van der Waals surface area contributed by atoms with Crippen LogP contribution >= 0.6 is 0 Å². The van der Waals surface area contributed by atoms with Crippen molar-refractivity contribution < 1.29 is 18.7 Å². The van der Waals surface area contributed by atoms with Crippen molar-refractivity contribution in [2.24, 2.45) is 0 Å². The monoisotopic (exact) mass is 489 g/mol. The van der Waals surface area contributed by atoms with Crippen LogP contribution in [0.3, 0.4) is 0 Å². The maximum Gasteiger partial charge on any atom is 0.219 e. The first kappa shape index (κ1) is 22.7. The van der Waals surface area contributed by atoms with Crippen molar-refractivity contribution in [3.63, 3.8) is 0 Å². The molecule has 1 saturated heterocycles. The Morgan fingerprint density at radius 3 is 2.78 bits per heavy atom. The van der Waals surface area contributed by atoms with Gasteiger partial charge in [-0.25, -0.2) is 9.37 Å². The first-order chi connectivity index (χ1) is 17.5.